The van der Waals surface area contributed by atoms with E-state index in [1.165, 1.54) is 12.1 Å². The molecule has 0 aliphatic heterocycles. The van der Waals surface area contributed by atoms with Crippen molar-refractivity contribution in [3.05, 3.63) is 80.7 Å². The molecule has 0 spiro atoms. The van der Waals surface area contributed by atoms with Crippen molar-refractivity contribution in [2.75, 3.05) is 6.54 Å². The minimum absolute atomic E-state index is 0.0330. The third-order valence-corrected chi connectivity index (χ3v) is 4.28. The van der Waals surface area contributed by atoms with Crippen LogP contribution in [0.5, 0.6) is 0 Å². The summed E-state index contributed by atoms with van der Waals surface area (Å²) in [4.78, 5) is 26.9. The molecule has 3 rings (SSSR count). The number of aromatic nitrogens is 1. The molecule has 27 heavy (non-hydrogen) atoms. The molecule has 0 bridgehead atoms. The number of nitrogens with one attached hydrogen (secondary N) is 1. The molecule has 1 amide bonds. The van der Waals surface area contributed by atoms with E-state index >= 15 is 0 Å². The van der Waals surface area contributed by atoms with Crippen LogP contribution in [-0.4, -0.2) is 22.4 Å². The summed E-state index contributed by atoms with van der Waals surface area (Å²) in [5.41, 5.74) is 1.66. The van der Waals surface area contributed by atoms with Gasteiger partial charge >= 0.3 is 0 Å². The molecule has 0 atom stereocenters. The average Bonchev–Trinajstić information content (AvgIpc) is 3.03. The van der Waals surface area contributed by atoms with Crippen molar-refractivity contribution in [2.45, 2.75) is 13.3 Å². The molecule has 0 saturated heterocycles. The fourth-order valence-corrected chi connectivity index (χ4v) is 2.82. The van der Waals surface area contributed by atoms with E-state index in [-0.39, 0.29) is 16.3 Å². The Morgan fingerprint density at radius 1 is 1.26 bits per heavy atom. The lowest BCUT2D eigenvalue weighted by Crippen LogP contribution is -2.26. The highest BCUT2D eigenvalue weighted by molar-refractivity contribution is 6.34. The summed E-state index contributed by atoms with van der Waals surface area (Å²) in [6.07, 6.45) is 0.485. The zero-order chi connectivity index (χ0) is 19.4. The second-order valence-electron chi connectivity index (χ2n) is 5.82. The summed E-state index contributed by atoms with van der Waals surface area (Å²) >= 11 is 5.97. The molecule has 0 aliphatic carbocycles. The lowest BCUT2D eigenvalue weighted by atomic mass is 10.2. The Labute approximate surface area is 160 Å². The molecular formula is C19H16ClN3O4. The van der Waals surface area contributed by atoms with Crippen LogP contribution in [0.4, 0.5) is 5.69 Å². The number of aryl methyl sites for hydroxylation is 1. The monoisotopic (exact) mass is 385 g/mol. The molecule has 138 valence electrons. The summed E-state index contributed by atoms with van der Waals surface area (Å²) in [6, 6.07) is 13.3. The molecular weight excluding hydrogens is 370 g/mol. The highest BCUT2D eigenvalue weighted by Crippen LogP contribution is 2.23. The number of amides is 1. The first-order valence-corrected chi connectivity index (χ1v) is 8.57. The molecule has 3 aromatic rings. The van der Waals surface area contributed by atoms with Crippen LogP contribution in [0.15, 0.2) is 52.9 Å². The van der Waals surface area contributed by atoms with Gasteiger partial charge in [-0.2, -0.15) is 0 Å². The summed E-state index contributed by atoms with van der Waals surface area (Å²) in [7, 11) is 0. The maximum atomic E-state index is 12.2. The first kappa shape index (κ1) is 18.6. The molecule has 1 heterocycles. The van der Waals surface area contributed by atoms with Gasteiger partial charge in [0.25, 0.3) is 11.6 Å². The van der Waals surface area contributed by atoms with Crippen LogP contribution in [-0.2, 0) is 6.42 Å². The van der Waals surface area contributed by atoms with E-state index in [9.17, 15) is 14.9 Å². The van der Waals surface area contributed by atoms with Crippen molar-refractivity contribution in [3.63, 3.8) is 0 Å². The highest BCUT2D eigenvalue weighted by atomic mass is 35.5. The van der Waals surface area contributed by atoms with E-state index in [0.29, 0.717) is 24.6 Å². The van der Waals surface area contributed by atoms with E-state index in [2.05, 4.69) is 10.3 Å². The summed E-state index contributed by atoms with van der Waals surface area (Å²) in [5.74, 6) is 0.823. The Kier molecular flexibility index (Phi) is 5.52. The molecule has 8 heteroatoms. The van der Waals surface area contributed by atoms with Gasteiger partial charge in [0, 0.05) is 30.7 Å². The first-order valence-electron chi connectivity index (χ1n) is 8.19. The van der Waals surface area contributed by atoms with Crippen molar-refractivity contribution in [2.24, 2.45) is 0 Å². The number of nitro groups is 1. The quantitative estimate of drug-likeness (QED) is 0.506. The lowest BCUT2D eigenvalue weighted by Gasteiger charge is -2.06. The maximum Gasteiger partial charge on any atom is 0.270 e. The Morgan fingerprint density at radius 3 is 2.67 bits per heavy atom. The predicted octanol–water partition coefficient (Wildman–Crippen LogP) is 4.18. The summed E-state index contributed by atoms with van der Waals surface area (Å²) in [5, 5.41) is 13.5. The summed E-state index contributed by atoms with van der Waals surface area (Å²) < 4.78 is 5.69. The van der Waals surface area contributed by atoms with Gasteiger partial charge in [0.05, 0.1) is 21.2 Å². The number of oxazole rings is 1. The van der Waals surface area contributed by atoms with Crippen LogP contribution in [0.3, 0.4) is 0 Å². The van der Waals surface area contributed by atoms with Gasteiger partial charge < -0.3 is 9.73 Å². The Morgan fingerprint density at radius 2 is 2.00 bits per heavy atom. The van der Waals surface area contributed by atoms with Gasteiger partial charge in [-0.3, -0.25) is 14.9 Å². The molecule has 0 saturated carbocycles. The SMILES string of the molecule is Cc1oc(-c2ccccc2)nc1CCNC(=O)c1ccc([N+](=O)[O-])cc1Cl. The molecule has 0 fully saturated rings. The van der Waals surface area contributed by atoms with Crippen LogP contribution >= 0.6 is 11.6 Å². The minimum atomic E-state index is -0.564. The van der Waals surface area contributed by atoms with Gasteiger partial charge in [0.15, 0.2) is 0 Å². The predicted molar refractivity (Wildman–Crippen MR) is 101 cm³/mol. The van der Waals surface area contributed by atoms with Crippen LogP contribution in [0.2, 0.25) is 5.02 Å². The lowest BCUT2D eigenvalue weighted by molar-refractivity contribution is -0.384. The fraction of sp³-hybridized carbons (Fsp3) is 0.158. The topological polar surface area (TPSA) is 98.3 Å². The Hall–Kier alpha value is -3.19. The number of hydrogen-bond donors (Lipinski definition) is 1. The number of non-ortho nitro benzene ring substituents is 1. The Balaban J connectivity index is 1.62. The number of nitro benzene ring substituents is 1. The second-order valence-corrected chi connectivity index (χ2v) is 6.22. The van der Waals surface area contributed by atoms with Crippen LogP contribution in [0.1, 0.15) is 21.8 Å². The van der Waals surface area contributed by atoms with Gasteiger partial charge in [-0.25, -0.2) is 4.98 Å². The maximum absolute atomic E-state index is 12.2. The highest BCUT2D eigenvalue weighted by Gasteiger charge is 2.16. The summed E-state index contributed by atoms with van der Waals surface area (Å²) in [6.45, 7) is 2.15. The van der Waals surface area contributed by atoms with Crippen LogP contribution < -0.4 is 5.32 Å². The van der Waals surface area contributed by atoms with E-state index < -0.39 is 10.8 Å². The van der Waals surface area contributed by atoms with Gasteiger partial charge in [-0.1, -0.05) is 29.8 Å². The third-order valence-electron chi connectivity index (χ3n) is 3.97. The van der Waals surface area contributed by atoms with Gasteiger partial charge in [-0.15, -0.1) is 0 Å². The number of hydrogen-bond acceptors (Lipinski definition) is 5. The second kappa shape index (κ2) is 8.01. The third kappa shape index (κ3) is 4.32. The molecule has 1 aromatic heterocycles. The zero-order valence-corrected chi connectivity index (χ0v) is 15.2. The number of benzene rings is 2. The molecule has 0 aliphatic rings. The van der Waals surface area contributed by atoms with E-state index in [4.69, 9.17) is 16.0 Å². The molecule has 2 aromatic carbocycles. The molecule has 1 N–H and O–H groups in total. The normalized spacial score (nSPS) is 10.6. The number of halogens is 1. The van der Waals surface area contributed by atoms with Crippen molar-refractivity contribution < 1.29 is 14.1 Å². The van der Waals surface area contributed by atoms with Crippen molar-refractivity contribution >= 4 is 23.2 Å². The van der Waals surface area contributed by atoms with Crippen molar-refractivity contribution in [1.29, 1.82) is 0 Å². The van der Waals surface area contributed by atoms with Crippen LogP contribution in [0.25, 0.3) is 11.5 Å². The first-order chi connectivity index (χ1) is 13.0. The van der Waals surface area contributed by atoms with Crippen molar-refractivity contribution in [3.8, 4) is 11.5 Å². The van der Waals surface area contributed by atoms with Crippen molar-refractivity contribution in [1.82, 2.24) is 10.3 Å². The number of nitrogens with zero attached hydrogens (tertiary/aromatic N) is 2. The molecule has 7 nitrogen and oxygen atoms in total. The van der Waals surface area contributed by atoms with E-state index in [1.807, 2.05) is 37.3 Å². The van der Waals surface area contributed by atoms with Crippen LogP contribution in [0, 0.1) is 17.0 Å². The fourth-order valence-electron chi connectivity index (χ4n) is 2.56. The minimum Gasteiger partial charge on any atom is -0.441 e. The number of carbonyl (C=O) groups is 1. The zero-order valence-electron chi connectivity index (χ0n) is 14.4. The average molecular weight is 386 g/mol. The van der Waals surface area contributed by atoms with Gasteiger partial charge in [-0.05, 0) is 25.1 Å². The standard InChI is InChI=1S/C19H16ClN3O4/c1-12-17(22-19(27-12)13-5-3-2-4-6-13)9-10-21-18(24)15-8-7-14(23(25)26)11-16(15)20/h2-8,11H,9-10H2,1H3,(H,21,24). The Bertz CT molecular complexity index is 986. The molecule has 0 radical (unpaired) electrons. The van der Waals surface area contributed by atoms with E-state index in [1.54, 1.807) is 0 Å². The molecule has 0 unspecified atom stereocenters. The van der Waals surface area contributed by atoms with Gasteiger partial charge in [0.1, 0.15) is 5.76 Å². The largest absolute Gasteiger partial charge is 0.441 e. The number of carbonyl (C=O) groups excluding carboxylic acids is 1. The smallest absolute Gasteiger partial charge is 0.270 e. The van der Waals surface area contributed by atoms with Gasteiger partial charge in [0.2, 0.25) is 5.89 Å². The van der Waals surface area contributed by atoms with E-state index in [0.717, 1.165) is 17.3 Å². The number of rotatable bonds is 6.